The summed E-state index contributed by atoms with van der Waals surface area (Å²) >= 11 is 0. The van der Waals surface area contributed by atoms with Crippen LogP contribution in [0, 0.1) is 0 Å². The summed E-state index contributed by atoms with van der Waals surface area (Å²) in [6, 6.07) is 6.69. The van der Waals surface area contributed by atoms with Gasteiger partial charge < -0.3 is 5.73 Å². The van der Waals surface area contributed by atoms with Crippen LogP contribution in [0.3, 0.4) is 0 Å². The molecule has 0 radical (unpaired) electrons. The van der Waals surface area contributed by atoms with Gasteiger partial charge in [-0.05, 0) is 60.8 Å². The second kappa shape index (κ2) is 2.50. The van der Waals surface area contributed by atoms with Crippen LogP contribution in [0.5, 0.6) is 0 Å². The maximum atomic E-state index is 5.89. The molecule has 2 saturated carbocycles. The molecule has 0 unspecified atom stereocenters. The van der Waals surface area contributed by atoms with Crippen LogP contribution in [0.4, 0.5) is 5.69 Å². The van der Waals surface area contributed by atoms with E-state index in [2.05, 4.69) is 18.2 Å². The van der Waals surface area contributed by atoms with E-state index in [1.165, 1.54) is 36.8 Å². The maximum Gasteiger partial charge on any atom is 0.0319 e. The molecular weight excluding hydrogens is 158 g/mol. The summed E-state index contributed by atoms with van der Waals surface area (Å²) in [6.07, 6.45) is 5.47. The molecule has 0 aromatic heterocycles. The first-order valence-corrected chi connectivity index (χ1v) is 5.23. The van der Waals surface area contributed by atoms with Gasteiger partial charge in [-0.15, -0.1) is 0 Å². The van der Waals surface area contributed by atoms with Crippen LogP contribution in [0.2, 0.25) is 0 Å². The van der Waals surface area contributed by atoms with Gasteiger partial charge in [0, 0.05) is 5.69 Å². The van der Waals surface area contributed by atoms with E-state index < -0.39 is 0 Å². The fraction of sp³-hybridized carbons (Fsp3) is 0.500. The highest BCUT2D eigenvalue weighted by Crippen LogP contribution is 2.45. The van der Waals surface area contributed by atoms with Gasteiger partial charge in [-0.1, -0.05) is 6.07 Å². The Balaban J connectivity index is 1.99. The topological polar surface area (TPSA) is 26.0 Å². The minimum absolute atomic E-state index is 0.834. The van der Waals surface area contributed by atoms with Crippen LogP contribution in [-0.4, -0.2) is 0 Å². The molecule has 13 heavy (non-hydrogen) atoms. The fourth-order valence-corrected chi connectivity index (χ4v) is 2.01. The van der Waals surface area contributed by atoms with E-state index >= 15 is 0 Å². The van der Waals surface area contributed by atoms with Crippen molar-refractivity contribution in [3.63, 3.8) is 0 Å². The van der Waals surface area contributed by atoms with Crippen LogP contribution in [0.25, 0.3) is 0 Å². The molecule has 0 atom stereocenters. The van der Waals surface area contributed by atoms with Crippen molar-refractivity contribution in [2.24, 2.45) is 0 Å². The Bertz CT molecular complexity index is 305. The monoisotopic (exact) mass is 173 g/mol. The van der Waals surface area contributed by atoms with Crippen LogP contribution < -0.4 is 5.73 Å². The lowest BCUT2D eigenvalue weighted by atomic mass is 10.0. The zero-order valence-corrected chi connectivity index (χ0v) is 7.79. The molecule has 2 fully saturated rings. The third-order valence-corrected chi connectivity index (χ3v) is 3.10. The molecule has 1 nitrogen and oxygen atoms in total. The predicted molar refractivity (Wildman–Crippen MR) is 54.8 cm³/mol. The quantitative estimate of drug-likeness (QED) is 0.683. The molecular formula is C12H15N. The van der Waals surface area contributed by atoms with E-state index in [4.69, 9.17) is 5.73 Å². The minimum atomic E-state index is 0.834. The zero-order valence-electron chi connectivity index (χ0n) is 7.79. The number of hydrogen-bond donors (Lipinski definition) is 1. The van der Waals surface area contributed by atoms with Crippen LogP contribution in [-0.2, 0) is 0 Å². The van der Waals surface area contributed by atoms with Gasteiger partial charge in [-0.2, -0.15) is 0 Å². The maximum absolute atomic E-state index is 5.89. The third kappa shape index (κ3) is 1.43. The molecule has 1 aromatic carbocycles. The molecule has 68 valence electrons. The Labute approximate surface area is 78.9 Å². The number of nitrogens with two attached hydrogens (primary N) is 1. The highest BCUT2D eigenvalue weighted by molar-refractivity contribution is 5.48. The lowest BCUT2D eigenvalue weighted by molar-refractivity contribution is 1.08. The second-order valence-corrected chi connectivity index (χ2v) is 4.48. The predicted octanol–water partition coefficient (Wildman–Crippen LogP) is 3.02. The highest BCUT2D eigenvalue weighted by atomic mass is 14.5. The molecule has 2 aliphatic carbocycles. The van der Waals surface area contributed by atoms with Gasteiger partial charge in [0.25, 0.3) is 0 Å². The van der Waals surface area contributed by atoms with Gasteiger partial charge in [0.1, 0.15) is 0 Å². The lowest BCUT2D eigenvalue weighted by Crippen LogP contribution is -1.91. The minimum Gasteiger partial charge on any atom is -0.399 e. The van der Waals surface area contributed by atoms with Gasteiger partial charge in [0.2, 0.25) is 0 Å². The van der Waals surface area contributed by atoms with Gasteiger partial charge in [0.15, 0.2) is 0 Å². The highest BCUT2D eigenvalue weighted by Gasteiger charge is 2.28. The first kappa shape index (κ1) is 7.43. The van der Waals surface area contributed by atoms with Crippen molar-refractivity contribution in [2.45, 2.75) is 37.5 Å². The number of nitrogen functional groups attached to an aromatic ring is 1. The molecule has 1 aromatic rings. The fourth-order valence-electron chi connectivity index (χ4n) is 2.01. The Morgan fingerprint density at radius 3 is 1.69 bits per heavy atom. The van der Waals surface area contributed by atoms with Gasteiger partial charge in [-0.25, -0.2) is 0 Å². The molecule has 3 rings (SSSR count). The average Bonchev–Trinajstić information content (AvgIpc) is 2.98. The first-order chi connectivity index (χ1) is 6.33. The number of anilines is 1. The summed E-state index contributed by atoms with van der Waals surface area (Å²) in [7, 11) is 0. The van der Waals surface area contributed by atoms with Crippen molar-refractivity contribution in [3.05, 3.63) is 29.3 Å². The Kier molecular flexibility index (Phi) is 1.43. The van der Waals surface area contributed by atoms with Gasteiger partial charge in [-0.3, -0.25) is 0 Å². The van der Waals surface area contributed by atoms with Crippen molar-refractivity contribution in [1.82, 2.24) is 0 Å². The summed E-state index contributed by atoms with van der Waals surface area (Å²) in [6.45, 7) is 0. The largest absolute Gasteiger partial charge is 0.399 e. The van der Waals surface area contributed by atoms with E-state index in [0.29, 0.717) is 0 Å². The summed E-state index contributed by atoms with van der Waals surface area (Å²) in [5, 5.41) is 0. The molecule has 0 spiro atoms. The van der Waals surface area contributed by atoms with Crippen molar-refractivity contribution in [1.29, 1.82) is 0 Å². The van der Waals surface area contributed by atoms with Crippen molar-refractivity contribution in [2.75, 3.05) is 5.73 Å². The number of hydrogen-bond acceptors (Lipinski definition) is 1. The van der Waals surface area contributed by atoms with Gasteiger partial charge in [0.05, 0.1) is 0 Å². The van der Waals surface area contributed by atoms with Gasteiger partial charge >= 0.3 is 0 Å². The van der Waals surface area contributed by atoms with E-state index in [0.717, 1.165) is 17.5 Å². The molecule has 0 bridgehead atoms. The zero-order chi connectivity index (χ0) is 8.84. The smallest absolute Gasteiger partial charge is 0.0319 e. The summed E-state index contributed by atoms with van der Waals surface area (Å²) < 4.78 is 0. The SMILES string of the molecule is Nc1cc(C2CC2)cc(C2CC2)c1. The van der Waals surface area contributed by atoms with E-state index in [9.17, 15) is 0 Å². The van der Waals surface area contributed by atoms with Crippen LogP contribution in [0.1, 0.15) is 48.6 Å². The summed E-state index contributed by atoms with van der Waals surface area (Å²) in [5.41, 5.74) is 9.83. The summed E-state index contributed by atoms with van der Waals surface area (Å²) in [4.78, 5) is 0. The molecule has 2 N–H and O–H groups in total. The first-order valence-electron chi connectivity index (χ1n) is 5.23. The molecule has 0 aliphatic heterocycles. The van der Waals surface area contributed by atoms with Crippen molar-refractivity contribution >= 4 is 5.69 Å². The third-order valence-electron chi connectivity index (χ3n) is 3.10. The van der Waals surface area contributed by atoms with Crippen LogP contribution in [0.15, 0.2) is 18.2 Å². The lowest BCUT2D eigenvalue weighted by Gasteiger charge is -2.05. The number of benzene rings is 1. The Hall–Kier alpha value is -0.980. The van der Waals surface area contributed by atoms with Crippen LogP contribution >= 0.6 is 0 Å². The molecule has 2 aliphatic rings. The van der Waals surface area contributed by atoms with Crippen molar-refractivity contribution < 1.29 is 0 Å². The van der Waals surface area contributed by atoms with E-state index in [1.54, 1.807) is 0 Å². The molecule has 0 heterocycles. The average molecular weight is 173 g/mol. The normalized spacial score (nSPS) is 21.8. The molecule has 0 amide bonds. The van der Waals surface area contributed by atoms with Crippen molar-refractivity contribution in [3.8, 4) is 0 Å². The Morgan fingerprint density at radius 1 is 0.846 bits per heavy atom. The Morgan fingerprint density at radius 2 is 1.31 bits per heavy atom. The van der Waals surface area contributed by atoms with E-state index in [1.807, 2.05) is 0 Å². The summed E-state index contributed by atoms with van der Waals surface area (Å²) in [5.74, 6) is 1.67. The molecule has 0 saturated heterocycles. The standard InChI is InChI=1S/C12H15N/c13-12-6-10(8-1-2-8)5-11(7-12)9-3-4-9/h5-9H,1-4,13H2. The second-order valence-electron chi connectivity index (χ2n) is 4.48. The molecule has 1 heteroatoms. The number of rotatable bonds is 2. The van der Waals surface area contributed by atoms with E-state index in [-0.39, 0.29) is 0 Å².